The molecule has 1 saturated heterocycles. The van der Waals surface area contributed by atoms with Crippen LogP contribution in [-0.4, -0.2) is 42.6 Å². The Hall–Kier alpha value is -3.06. The van der Waals surface area contributed by atoms with Crippen LogP contribution in [0.1, 0.15) is 17.5 Å². The van der Waals surface area contributed by atoms with Crippen LogP contribution in [0.5, 0.6) is 0 Å². The van der Waals surface area contributed by atoms with Crippen LogP contribution in [0.2, 0.25) is 0 Å². The summed E-state index contributed by atoms with van der Waals surface area (Å²) in [5.74, 6) is -0.601. The van der Waals surface area contributed by atoms with Crippen LogP contribution in [0, 0.1) is 6.92 Å². The summed E-state index contributed by atoms with van der Waals surface area (Å²) < 4.78 is 0. The number of nitrogens with one attached hydrogen (secondary N) is 1. The molecule has 2 aromatic carbocycles. The average molecular weight is 410 g/mol. The normalized spacial score (nSPS) is 15.1. The monoisotopic (exact) mass is 409 g/mol. The molecule has 0 radical (unpaired) electrons. The van der Waals surface area contributed by atoms with Gasteiger partial charge in [0.15, 0.2) is 0 Å². The van der Waals surface area contributed by atoms with Gasteiger partial charge in [0.2, 0.25) is 5.91 Å². The summed E-state index contributed by atoms with van der Waals surface area (Å²) >= 11 is 0.901. The van der Waals surface area contributed by atoms with Gasteiger partial charge in [-0.1, -0.05) is 29.8 Å². The lowest BCUT2D eigenvalue weighted by molar-refractivity contribution is -0.123. The molecular weight excluding hydrogens is 386 g/mol. The minimum Gasteiger partial charge on any atom is -0.378 e. The second-order valence-electron chi connectivity index (χ2n) is 6.98. The average Bonchev–Trinajstić information content (AvgIpc) is 2.95. The van der Waals surface area contributed by atoms with Crippen molar-refractivity contribution in [2.24, 2.45) is 0 Å². The van der Waals surface area contributed by atoms with Gasteiger partial charge in [-0.15, -0.1) is 0 Å². The summed E-state index contributed by atoms with van der Waals surface area (Å²) in [6, 6.07) is 15.1. The minimum atomic E-state index is -0.361. The van der Waals surface area contributed by atoms with Crippen molar-refractivity contribution >= 4 is 46.3 Å². The fraction of sp³-hybridized carbons (Fsp3) is 0.227. The number of anilines is 2. The number of carbonyl (C=O) groups is 3. The van der Waals surface area contributed by atoms with Crippen LogP contribution in [0.4, 0.5) is 16.2 Å². The first kappa shape index (κ1) is 20.7. The SMILES string of the molecule is Cc1ccc(NC(=O)CCN2C(=O)SC(=Cc3ccc(N(C)C)cc3)C2=O)cc1. The fourth-order valence-electron chi connectivity index (χ4n) is 2.79. The molecule has 0 atom stereocenters. The van der Waals surface area contributed by atoms with Crippen LogP contribution >= 0.6 is 11.8 Å². The summed E-state index contributed by atoms with van der Waals surface area (Å²) in [4.78, 5) is 40.4. The highest BCUT2D eigenvalue weighted by Gasteiger charge is 2.35. The second-order valence-corrected chi connectivity index (χ2v) is 7.98. The van der Waals surface area contributed by atoms with Crippen molar-refractivity contribution in [3.63, 3.8) is 0 Å². The molecule has 150 valence electrons. The molecule has 6 nitrogen and oxygen atoms in total. The summed E-state index contributed by atoms with van der Waals surface area (Å²) in [7, 11) is 3.91. The number of nitrogens with zero attached hydrogens (tertiary/aromatic N) is 2. The molecule has 3 amide bonds. The van der Waals surface area contributed by atoms with Crippen molar-refractivity contribution in [3.8, 4) is 0 Å². The summed E-state index contributed by atoms with van der Waals surface area (Å²) in [5.41, 5.74) is 3.69. The zero-order valence-electron chi connectivity index (χ0n) is 16.6. The number of amides is 3. The predicted molar refractivity (Wildman–Crippen MR) is 118 cm³/mol. The molecule has 1 aliphatic rings. The van der Waals surface area contributed by atoms with E-state index in [2.05, 4.69) is 5.32 Å². The van der Waals surface area contributed by atoms with E-state index in [4.69, 9.17) is 0 Å². The van der Waals surface area contributed by atoms with Crippen molar-refractivity contribution in [2.45, 2.75) is 13.3 Å². The Morgan fingerprint density at radius 1 is 1.07 bits per heavy atom. The molecule has 0 saturated carbocycles. The second kappa shape index (κ2) is 8.96. The maximum absolute atomic E-state index is 12.6. The molecule has 1 N–H and O–H groups in total. The fourth-order valence-corrected chi connectivity index (χ4v) is 3.65. The number of carbonyl (C=O) groups excluding carboxylic acids is 3. The van der Waals surface area contributed by atoms with Crippen LogP contribution in [0.15, 0.2) is 53.4 Å². The third kappa shape index (κ3) is 5.26. The number of hydrogen-bond donors (Lipinski definition) is 1. The van der Waals surface area contributed by atoms with Gasteiger partial charge in [0.05, 0.1) is 4.91 Å². The van der Waals surface area contributed by atoms with Gasteiger partial charge in [-0.25, -0.2) is 0 Å². The van der Waals surface area contributed by atoms with Crippen LogP contribution < -0.4 is 10.2 Å². The van der Waals surface area contributed by atoms with Gasteiger partial charge in [0.25, 0.3) is 11.1 Å². The number of benzene rings is 2. The van der Waals surface area contributed by atoms with Crippen molar-refractivity contribution in [2.75, 3.05) is 30.9 Å². The number of thioether (sulfide) groups is 1. The van der Waals surface area contributed by atoms with E-state index in [0.717, 1.165) is 33.5 Å². The van der Waals surface area contributed by atoms with Crippen molar-refractivity contribution in [1.82, 2.24) is 4.90 Å². The smallest absolute Gasteiger partial charge is 0.293 e. The van der Waals surface area contributed by atoms with Crippen molar-refractivity contribution in [1.29, 1.82) is 0 Å². The molecule has 0 unspecified atom stereocenters. The van der Waals surface area contributed by atoms with E-state index in [-0.39, 0.29) is 30.0 Å². The Labute approximate surface area is 174 Å². The highest BCUT2D eigenvalue weighted by molar-refractivity contribution is 8.18. The molecule has 7 heteroatoms. The Morgan fingerprint density at radius 2 is 1.72 bits per heavy atom. The molecule has 2 aromatic rings. The van der Waals surface area contributed by atoms with Crippen LogP contribution in [-0.2, 0) is 9.59 Å². The van der Waals surface area contributed by atoms with Gasteiger partial charge >= 0.3 is 0 Å². The van der Waals surface area contributed by atoms with Gasteiger partial charge in [-0.05, 0) is 54.6 Å². The molecule has 1 fully saturated rings. The topological polar surface area (TPSA) is 69.7 Å². The molecule has 3 rings (SSSR count). The molecule has 1 aliphatic heterocycles. The molecule has 0 aliphatic carbocycles. The lowest BCUT2D eigenvalue weighted by Gasteiger charge is -2.12. The maximum atomic E-state index is 12.6. The largest absolute Gasteiger partial charge is 0.378 e. The maximum Gasteiger partial charge on any atom is 0.293 e. The number of rotatable bonds is 6. The predicted octanol–water partition coefficient (Wildman–Crippen LogP) is 4.13. The first-order valence-electron chi connectivity index (χ1n) is 9.23. The molecule has 0 bridgehead atoms. The zero-order chi connectivity index (χ0) is 21.0. The molecule has 29 heavy (non-hydrogen) atoms. The first-order chi connectivity index (χ1) is 13.8. The van der Waals surface area contributed by atoms with E-state index in [1.54, 1.807) is 6.08 Å². The third-order valence-corrected chi connectivity index (χ3v) is 5.39. The molecule has 1 heterocycles. The highest BCUT2D eigenvalue weighted by atomic mass is 32.2. The van der Waals surface area contributed by atoms with Gasteiger partial charge in [0, 0.05) is 38.4 Å². The molecule has 0 aromatic heterocycles. The van der Waals surface area contributed by atoms with Gasteiger partial charge in [-0.2, -0.15) is 0 Å². The standard InChI is InChI=1S/C22H23N3O3S/c1-15-4-8-17(9-5-15)23-20(26)12-13-25-21(27)19(29-22(25)28)14-16-6-10-18(11-7-16)24(2)3/h4-11,14H,12-13H2,1-3H3,(H,23,26). The lowest BCUT2D eigenvalue weighted by atomic mass is 10.2. The van der Waals surface area contributed by atoms with E-state index >= 15 is 0 Å². The minimum absolute atomic E-state index is 0.0523. The summed E-state index contributed by atoms with van der Waals surface area (Å²) in [6.07, 6.45) is 1.76. The Kier molecular flexibility index (Phi) is 6.39. The number of aryl methyl sites for hydroxylation is 1. The van der Waals surface area contributed by atoms with Crippen LogP contribution in [0.3, 0.4) is 0 Å². The summed E-state index contributed by atoms with van der Waals surface area (Å²) in [6.45, 7) is 2.02. The quantitative estimate of drug-likeness (QED) is 0.727. The van der Waals surface area contributed by atoms with Crippen molar-refractivity contribution in [3.05, 3.63) is 64.6 Å². The Balaban J connectivity index is 1.59. The molecule has 0 spiro atoms. The van der Waals surface area contributed by atoms with Gasteiger partial charge in [0.1, 0.15) is 0 Å². The number of imide groups is 1. The van der Waals surface area contributed by atoms with E-state index in [1.165, 1.54) is 0 Å². The van der Waals surface area contributed by atoms with Crippen LogP contribution in [0.25, 0.3) is 6.08 Å². The Bertz CT molecular complexity index is 950. The van der Waals surface area contributed by atoms with Crippen molar-refractivity contribution < 1.29 is 14.4 Å². The van der Waals surface area contributed by atoms with E-state index < -0.39 is 0 Å². The van der Waals surface area contributed by atoms with Gasteiger partial charge in [-0.3, -0.25) is 19.3 Å². The highest BCUT2D eigenvalue weighted by Crippen LogP contribution is 2.32. The lowest BCUT2D eigenvalue weighted by Crippen LogP contribution is -2.31. The molecular formula is C22H23N3O3S. The van der Waals surface area contributed by atoms with E-state index in [0.29, 0.717) is 10.6 Å². The first-order valence-corrected chi connectivity index (χ1v) is 10.0. The van der Waals surface area contributed by atoms with Gasteiger partial charge < -0.3 is 10.2 Å². The Morgan fingerprint density at radius 3 is 2.34 bits per heavy atom. The zero-order valence-corrected chi connectivity index (χ0v) is 17.5. The van der Waals surface area contributed by atoms with E-state index in [1.807, 2.05) is 74.4 Å². The third-order valence-electron chi connectivity index (χ3n) is 4.48. The number of hydrogen-bond acceptors (Lipinski definition) is 5. The van der Waals surface area contributed by atoms with E-state index in [9.17, 15) is 14.4 Å². The summed E-state index contributed by atoms with van der Waals surface area (Å²) in [5, 5.41) is 2.42.